The molecular formula is C15H17F2N3O. The van der Waals surface area contributed by atoms with Crippen molar-refractivity contribution in [2.75, 3.05) is 5.73 Å². The van der Waals surface area contributed by atoms with Crippen LogP contribution in [-0.2, 0) is 13.0 Å². The Morgan fingerprint density at radius 2 is 2.14 bits per heavy atom. The minimum atomic E-state index is -2.87. The van der Waals surface area contributed by atoms with Gasteiger partial charge in [-0.1, -0.05) is 19.1 Å². The van der Waals surface area contributed by atoms with Gasteiger partial charge in [-0.15, -0.1) is 0 Å². The Kier molecular flexibility index (Phi) is 3.53. The van der Waals surface area contributed by atoms with E-state index >= 15 is 0 Å². The van der Waals surface area contributed by atoms with E-state index in [0.717, 1.165) is 25.2 Å². The van der Waals surface area contributed by atoms with Crippen molar-refractivity contribution < 1.29 is 13.5 Å². The van der Waals surface area contributed by atoms with Gasteiger partial charge in [0, 0.05) is 18.5 Å². The molecule has 2 heterocycles. The molecule has 0 amide bonds. The smallest absolute Gasteiger partial charge is 0.387 e. The summed E-state index contributed by atoms with van der Waals surface area (Å²) in [7, 11) is 0. The molecular weight excluding hydrogens is 276 g/mol. The van der Waals surface area contributed by atoms with E-state index < -0.39 is 6.61 Å². The summed E-state index contributed by atoms with van der Waals surface area (Å²) >= 11 is 0. The van der Waals surface area contributed by atoms with E-state index in [4.69, 9.17) is 5.73 Å². The number of para-hydroxylation sites is 1. The van der Waals surface area contributed by atoms with Crippen LogP contribution in [0.15, 0.2) is 24.3 Å². The fraction of sp³-hybridized carbons (Fsp3) is 0.400. The van der Waals surface area contributed by atoms with Crippen molar-refractivity contribution in [1.82, 2.24) is 9.55 Å². The molecule has 0 aliphatic carbocycles. The molecule has 21 heavy (non-hydrogen) atoms. The third-order valence-electron chi connectivity index (χ3n) is 3.80. The molecule has 112 valence electrons. The van der Waals surface area contributed by atoms with Crippen LogP contribution in [0.3, 0.4) is 0 Å². The number of halogens is 2. The second kappa shape index (κ2) is 5.35. The zero-order valence-electron chi connectivity index (χ0n) is 11.7. The van der Waals surface area contributed by atoms with Crippen LogP contribution in [0.25, 0.3) is 11.3 Å². The Morgan fingerprint density at radius 1 is 1.38 bits per heavy atom. The summed E-state index contributed by atoms with van der Waals surface area (Å²) in [4.78, 5) is 4.54. The minimum Gasteiger partial charge on any atom is -0.434 e. The van der Waals surface area contributed by atoms with Gasteiger partial charge in [0.2, 0.25) is 0 Å². The number of aromatic nitrogens is 2. The molecule has 4 nitrogen and oxygen atoms in total. The fourth-order valence-electron chi connectivity index (χ4n) is 2.75. The monoisotopic (exact) mass is 293 g/mol. The molecule has 0 spiro atoms. The number of imidazole rings is 1. The number of rotatable bonds is 3. The quantitative estimate of drug-likeness (QED) is 0.944. The van der Waals surface area contributed by atoms with Crippen LogP contribution in [0, 0.1) is 5.92 Å². The number of alkyl halides is 2. The first-order valence-corrected chi connectivity index (χ1v) is 6.95. The van der Waals surface area contributed by atoms with Crippen molar-refractivity contribution in [2.24, 2.45) is 5.92 Å². The number of hydrogen-bond donors (Lipinski definition) is 1. The highest BCUT2D eigenvalue weighted by Gasteiger charge is 2.24. The molecule has 1 aliphatic heterocycles. The molecule has 2 N–H and O–H groups in total. The highest BCUT2D eigenvalue weighted by Crippen LogP contribution is 2.36. The van der Waals surface area contributed by atoms with E-state index in [9.17, 15) is 8.78 Å². The molecule has 0 saturated carbocycles. The van der Waals surface area contributed by atoms with E-state index in [1.165, 1.54) is 6.07 Å². The van der Waals surface area contributed by atoms with Gasteiger partial charge in [0.05, 0.1) is 0 Å². The molecule has 1 aromatic heterocycles. The third-order valence-corrected chi connectivity index (χ3v) is 3.80. The van der Waals surface area contributed by atoms with Crippen molar-refractivity contribution in [3.63, 3.8) is 0 Å². The number of nitrogen functional groups attached to an aromatic ring is 1. The molecule has 1 aromatic carbocycles. The number of hydrogen-bond acceptors (Lipinski definition) is 3. The van der Waals surface area contributed by atoms with Gasteiger partial charge in [-0.25, -0.2) is 4.98 Å². The molecule has 6 heteroatoms. The predicted octanol–water partition coefficient (Wildman–Crippen LogP) is 3.32. The fourth-order valence-corrected chi connectivity index (χ4v) is 2.75. The summed E-state index contributed by atoms with van der Waals surface area (Å²) in [5.41, 5.74) is 7.20. The highest BCUT2D eigenvalue weighted by molar-refractivity contribution is 5.76. The maximum absolute atomic E-state index is 12.5. The molecule has 2 aromatic rings. The van der Waals surface area contributed by atoms with Crippen molar-refractivity contribution >= 4 is 5.82 Å². The van der Waals surface area contributed by atoms with Gasteiger partial charge >= 0.3 is 6.61 Å². The number of ether oxygens (including phenoxy) is 1. The van der Waals surface area contributed by atoms with Gasteiger partial charge in [0.15, 0.2) is 0 Å². The van der Waals surface area contributed by atoms with Crippen LogP contribution in [0.4, 0.5) is 14.6 Å². The lowest BCUT2D eigenvalue weighted by Crippen LogP contribution is -2.19. The summed E-state index contributed by atoms with van der Waals surface area (Å²) in [5, 5.41) is 0. The topological polar surface area (TPSA) is 53.1 Å². The lowest BCUT2D eigenvalue weighted by molar-refractivity contribution is -0.0494. The van der Waals surface area contributed by atoms with Gasteiger partial charge in [0.25, 0.3) is 0 Å². The normalized spacial score (nSPS) is 17.8. The largest absolute Gasteiger partial charge is 0.434 e. The van der Waals surface area contributed by atoms with Gasteiger partial charge in [0.1, 0.15) is 23.1 Å². The summed E-state index contributed by atoms with van der Waals surface area (Å²) < 4.78 is 31.6. The first kappa shape index (κ1) is 13.9. The average molecular weight is 293 g/mol. The lowest BCUT2D eigenvalue weighted by atomic mass is 10.0. The molecule has 0 fully saturated rings. The highest BCUT2D eigenvalue weighted by atomic mass is 19.3. The van der Waals surface area contributed by atoms with Crippen molar-refractivity contribution in [2.45, 2.75) is 32.9 Å². The number of aryl methyl sites for hydroxylation is 1. The Morgan fingerprint density at radius 3 is 2.90 bits per heavy atom. The SMILES string of the molecule is CC1CCc2nc(-c3ccccc3OC(F)F)c(N)n2C1. The second-order valence-electron chi connectivity index (χ2n) is 5.39. The number of benzene rings is 1. The Hall–Kier alpha value is -2.11. The van der Waals surface area contributed by atoms with Gasteiger partial charge < -0.3 is 15.0 Å². The van der Waals surface area contributed by atoms with Crippen LogP contribution in [0.1, 0.15) is 19.2 Å². The number of anilines is 1. The maximum atomic E-state index is 12.5. The van der Waals surface area contributed by atoms with Gasteiger partial charge in [-0.2, -0.15) is 8.78 Å². The summed E-state index contributed by atoms with van der Waals surface area (Å²) in [6, 6.07) is 6.61. The van der Waals surface area contributed by atoms with Crippen LogP contribution in [-0.4, -0.2) is 16.2 Å². The van der Waals surface area contributed by atoms with Crippen molar-refractivity contribution in [1.29, 1.82) is 0 Å². The maximum Gasteiger partial charge on any atom is 0.387 e. The lowest BCUT2D eigenvalue weighted by Gasteiger charge is -2.20. The number of fused-ring (bicyclic) bond motifs is 1. The number of nitrogens with zero attached hydrogens (tertiary/aromatic N) is 2. The van der Waals surface area contributed by atoms with E-state index in [1.807, 2.05) is 4.57 Å². The van der Waals surface area contributed by atoms with Crippen molar-refractivity contribution in [3.8, 4) is 17.0 Å². The number of nitrogens with two attached hydrogens (primary N) is 1. The molecule has 1 unspecified atom stereocenters. The van der Waals surface area contributed by atoms with Crippen molar-refractivity contribution in [3.05, 3.63) is 30.1 Å². The Labute approximate surface area is 121 Å². The van der Waals surface area contributed by atoms with E-state index in [0.29, 0.717) is 23.0 Å². The standard InChI is InChI=1S/C15H17F2N3O/c1-9-6-7-12-19-13(14(18)20(12)8-9)10-4-2-3-5-11(10)21-15(16)17/h2-5,9,15H,6-8,18H2,1H3. The first-order chi connectivity index (χ1) is 10.1. The van der Waals surface area contributed by atoms with Gasteiger partial charge in [-0.05, 0) is 24.5 Å². The zero-order chi connectivity index (χ0) is 15.0. The van der Waals surface area contributed by atoms with E-state index in [-0.39, 0.29) is 5.75 Å². The predicted molar refractivity (Wildman–Crippen MR) is 76.2 cm³/mol. The molecule has 0 saturated heterocycles. The summed E-state index contributed by atoms with van der Waals surface area (Å²) in [6.07, 6.45) is 1.91. The summed E-state index contributed by atoms with van der Waals surface area (Å²) in [6.45, 7) is 0.103. The van der Waals surface area contributed by atoms with E-state index in [2.05, 4.69) is 16.6 Å². The first-order valence-electron chi connectivity index (χ1n) is 6.95. The molecule has 1 aliphatic rings. The van der Waals surface area contributed by atoms with E-state index in [1.54, 1.807) is 18.2 Å². The Balaban J connectivity index is 2.06. The summed E-state index contributed by atoms with van der Waals surface area (Å²) in [5.74, 6) is 2.06. The van der Waals surface area contributed by atoms with Crippen LogP contribution in [0.5, 0.6) is 5.75 Å². The average Bonchev–Trinajstić information content (AvgIpc) is 2.76. The molecule has 0 bridgehead atoms. The molecule has 3 rings (SSSR count). The second-order valence-corrected chi connectivity index (χ2v) is 5.39. The molecule has 0 radical (unpaired) electrons. The third kappa shape index (κ3) is 2.57. The zero-order valence-corrected chi connectivity index (χ0v) is 11.7. The minimum absolute atomic E-state index is 0.0997. The van der Waals surface area contributed by atoms with Crippen LogP contribution >= 0.6 is 0 Å². The Bertz CT molecular complexity index is 654. The molecule has 1 atom stereocenters. The van der Waals surface area contributed by atoms with Gasteiger partial charge in [-0.3, -0.25) is 0 Å². The van der Waals surface area contributed by atoms with Crippen LogP contribution < -0.4 is 10.5 Å². The van der Waals surface area contributed by atoms with Crippen LogP contribution in [0.2, 0.25) is 0 Å².